The van der Waals surface area contributed by atoms with Crippen molar-refractivity contribution in [1.82, 2.24) is 10.2 Å². The number of piperidine rings is 1. The molecular weight excluding hydrogens is 462 g/mol. The van der Waals surface area contributed by atoms with E-state index in [0.717, 1.165) is 41.6 Å². The smallest absolute Gasteiger partial charge is 0.388 e. The van der Waals surface area contributed by atoms with Crippen LogP contribution >= 0.6 is 11.8 Å². The number of halogens is 4. The molecule has 0 bridgehead atoms. The quantitative estimate of drug-likeness (QED) is 0.617. The topological polar surface area (TPSA) is 74.2 Å². The Balaban J connectivity index is 1.37. The number of benzene rings is 1. The zero-order chi connectivity index (χ0) is 23.6. The van der Waals surface area contributed by atoms with E-state index < -0.39 is 30.6 Å². The van der Waals surface area contributed by atoms with Gasteiger partial charge >= 0.3 is 6.18 Å². The summed E-state index contributed by atoms with van der Waals surface area (Å²) in [4.78, 5) is 19.2. The summed E-state index contributed by atoms with van der Waals surface area (Å²) in [6, 6.07) is 2.85. The molecule has 0 spiro atoms. The van der Waals surface area contributed by atoms with Crippen LogP contribution in [0.15, 0.2) is 34.2 Å². The zero-order valence-corrected chi connectivity index (χ0v) is 18.6. The van der Waals surface area contributed by atoms with Gasteiger partial charge in [-0.05, 0) is 66.9 Å². The van der Waals surface area contributed by atoms with Gasteiger partial charge in [-0.3, -0.25) is 14.7 Å². The van der Waals surface area contributed by atoms with Gasteiger partial charge in [-0.1, -0.05) is 12.1 Å². The molecule has 1 amide bonds. The highest BCUT2D eigenvalue weighted by Crippen LogP contribution is 2.33. The number of carbonyl (C=O) groups excluding carboxylic acids is 1. The lowest BCUT2D eigenvalue weighted by Gasteiger charge is -2.31. The Bertz CT molecular complexity index is 945. The van der Waals surface area contributed by atoms with E-state index in [0.29, 0.717) is 37.6 Å². The molecule has 11 heteroatoms. The fourth-order valence-corrected chi connectivity index (χ4v) is 4.98. The van der Waals surface area contributed by atoms with E-state index in [2.05, 4.69) is 15.2 Å². The normalized spacial score (nSPS) is 27.6. The number of hydrogen-bond acceptors (Lipinski definition) is 6. The Morgan fingerprint density at radius 2 is 2.00 bits per heavy atom. The molecule has 3 saturated heterocycles. The van der Waals surface area contributed by atoms with Crippen molar-refractivity contribution in [2.45, 2.75) is 44.4 Å². The summed E-state index contributed by atoms with van der Waals surface area (Å²) in [5, 5.41) is 12.4. The lowest BCUT2D eigenvalue weighted by Crippen LogP contribution is -2.33. The lowest BCUT2D eigenvalue weighted by atomic mass is 9.95. The van der Waals surface area contributed by atoms with Crippen LogP contribution < -0.4 is 5.32 Å². The van der Waals surface area contributed by atoms with Gasteiger partial charge in [-0.15, -0.1) is 0 Å². The summed E-state index contributed by atoms with van der Waals surface area (Å²) in [7, 11) is 0. The predicted octanol–water partition coefficient (Wildman–Crippen LogP) is 3.89. The first-order valence-corrected chi connectivity index (χ1v) is 11.6. The Kier molecular flexibility index (Phi) is 7.42. The summed E-state index contributed by atoms with van der Waals surface area (Å²) in [6.45, 7) is 1.39. The molecule has 1 aromatic carbocycles. The van der Waals surface area contributed by atoms with Crippen molar-refractivity contribution in [2.75, 3.05) is 26.3 Å². The molecule has 180 valence electrons. The maximum Gasteiger partial charge on any atom is 0.416 e. The summed E-state index contributed by atoms with van der Waals surface area (Å²) in [5.74, 6) is 0.666. The molecule has 0 unspecified atom stereocenters. The summed E-state index contributed by atoms with van der Waals surface area (Å²) in [6.07, 6.45) is -1.57. The number of rotatable bonds is 5. The minimum absolute atomic E-state index is 0.0694. The number of allylic oxidation sites excluding steroid dienone is 1. The number of carbonyl (C=O) groups is 1. The summed E-state index contributed by atoms with van der Waals surface area (Å²) >= 11 is 1.07. The molecule has 3 fully saturated rings. The van der Waals surface area contributed by atoms with Crippen molar-refractivity contribution in [3.05, 3.63) is 45.9 Å². The Morgan fingerprint density at radius 1 is 1.24 bits per heavy atom. The number of aliphatic imine (C=N–C) groups is 1. The van der Waals surface area contributed by atoms with Gasteiger partial charge in [-0.2, -0.15) is 13.2 Å². The lowest BCUT2D eigenvalue weighted by molar-refractivity contribution is -0.137. The number of amidine groups is 1. The second-order valence-corrected chi connectivity index (χ2v) is 9.44. The summed E-state index contributed by atoms with van der Waals surface area (Å²) < 4.78 is 57.3. The first kappa shape index (κ1) is 24.2. The van der Waals surface area contributed by atoms with Crippen molar-refractivity contribution in [3.8, 4) is 0 Å². The fourth-order valence-electron chi connectivity index (χ4n) is 4.18. The molecular formula is C22H25F4N3O3S. The molecule has 2 N–H and O–H groups in total. The van der Waals surface area contributed by atoms with Crippen LogP contribution in [0.5, 0.6) is 0 Å². The van der Waals surface area contributed by atoms with Crippen molar-refractivity contribution < 1.29 is 32.2 Å². The van der Waals surface area contributed by atoms with Gasteiger partial charge in [0.05, 0.1) is 23.7 Å². The largest absolute Gasteiger partial charge is 0.416 e. The molecule has 2 atom stereocenters. The highest BCUT2D eigenvalue weighted by Gasteiger charge is 2.32. The van der Waals surface area contributed by atoms with Crippen LogP contribution in [-0.2, 0) is 24.1 Å². The Morgan fingerprint density at radius 3 is 2.64 bits per heavy atom. The molecule has 0 radical (unpaired) electrons. The molecule has 3 aliphatic heterocycles. The minimum Gasteiger partial charge on any atom is -0.388 e. The number of amides is 1. The van der Waals surface area contributed by atoms with Gasteiger partial charge in [0.15, 0.2) is 0 Å². The predicted molar refractivity (Wildman–Crippen MR) is 117 cm³/mol. The number of ether oxygens (including phenoxy) is 1. The van der Waals surface area contributed by atoms with Gasteiger partial charge in [-0.25, -0.2) is 4.39 Å². The first-order valence-electron chi connectivity index (χ1n) is 10.7. The number of alkyl halides is 4. The van der Waals surface area contributed by atoms with Crippen LogP contribution in [0.1, 0.15) is 29.5 Å². The second kappa shape index (κ2) is 10.1. The fraction of sp³-hybridized carbons (Fsp3) is 0.545. The van der Waals surface area contributed by atoms with Gasteiger partial charge < -0.3 is 15.2 Å². The van der Waals surface area contributed by atoms with Crippen LogP contribution in [0.2, 0.25) is 0 Å². The molecule has 0 aromatic heterocycles. The van der Waals surface area contributed by atoms with E-state index in [1.165, 1.54) is 6.07 Å². The maximum absolute atomic E-state index is 13.4. The second-order valence-electron chi connectivity index (χ2n) is 8.42. The van der Waals surface area contributed by atoms with Crippen LogP contribution in [0.25, 0.3) is 0 Å². The van der Waals surface area contributed by atoms with Crippen molar-refractivity contribution in [1.29, 1.82) is 0 Å². The zero-order valence-electron chi connectivity index (χ0n) is 17.8. The molecule has 1 aromatic rings. The van der Waals surface area contributed by atoms with Crippen LogP contribution in [-0.4, -0.2) is 59.5 Å². The number of aliphatic hydroxyl groups is 1. The third-order valence-corrected chi connectivity index (χ3v) is 6.90. The standard InChI is InChI=1S/C22H25F4N3O3S/c23-9-15-8-16(22(24,25)26)2-1-14(15)10-29-5-3-13(4-6-29)7-19-20(28-21(31)33-19)27-17-11-32-12-18(17)30/h1-2,7-8,13,17-18,30H,3-6,9-12H2,(H,27,28,31)/b19-7-/t17-,18-/m0/s1. The number of thioether (sulfide) groups is 1. The molecule has 0 saturated carbocycles. The van der Waals surface area contributed by atoms with Gasteiger partial charge in [0.2, 0.25) is 0 Å². The van der Waals surface area contributed by atoms with Crippen LogP contribution in [0, 0.1) is 5.92 Å². The van der Waals surface area contributed by atoms with Crippen molar-refractivity contribution in [3.63, 3.8) is 0 Å². The third-order valence-electron chi connectivity index (χ3n) is 6.06. The van der Waals surface area contributed by atoms with Gasteiger partial charge in [0.1, 0.15) is 24.7 Å². The van der Waals surface area contributed by atoms with Crippen molar-refractivity contribution in [2.24, 2.45) is 10.9 Å². The van der Waals surface area contributed by atoms with E-state index in [4.69, 9.17) is 4.74 Å². The number of aliphatic hydroxyl groups excluding tert-OH is 1. The Labute approximate surface area is 193 Å². The van der Waals surface area contributed by atoms with E-state index in [1.807, 2.05) is 6.08 Å². The van der Waals surface area contributed by atoms with E-state index in [1.54, 1.807) is 0 Å². The average molecular weight is 488 g/mol. The monoisotopic (exact) mass is 487 g/mol. The average Bonchev–Trinajstić information content (AvgIpc) is 3.33. The maximum atomic E-state index is 13.4. The Hall–Kier alpha value is -1.95. The minimum atomic E-state index is -4.49. The first-order chi connectivity index (χ1) is 15.7. The molecule has 3 heterocycles. The number of nitrogens with zero attached hydrogens (tertiary/aromatic N) is 2. The van der Waals surface area contributed by atoms with E-state index in [9.17, 15) is 27.5 Å². The SMILES string of the molecule is O=C1NC(=N[C@H]2COC[C@@H]2O)/C(=C/C2CCN(Cc3ccc(C(F)(F)F)cc3CF)CC2)S1. The van der Waals surface area contributed by atoms with E-state index >= 15 is 0 Å². The van der Waals surface area contributed by atoms with E-state index in [-0.39, 0.29) is 23.3 Å². The number of hydrogen-bond donors (Lipinski definition) is 2. The molecule has 33 heavy (non-hydrogen) atoms. The highest BCUT2D eigenvalue weighted by atomic mass is 32.2. The summed E-state index contributed by atoms with van der Waals surface area (Å²) in [5.41, 5.74) is -0.203. The third kappa shape index (κ3) is 5.95. The molecule has 4 rings (SSSR count). The molecule has 6 nitrogen and oxygen atoms in total. The van der Waals surface area contributed by atoms with Gasteiger partial charge in [0, 0.05) is 6.54 Å². The van der Waals surface area contributed by atoms with Crippen LogP contribution in [0.4, 0.5) is 22.4 Å². The number of nitrogens with one attached hydrogen (secondary N) is 1. The van der Waals surface area contributed by atoms with Crippen molar-refractivity contribution >= 4 is 22.8 Å². The van der Waals surface area contributed by atoms with Crippen LogP contribution in [0.3, 0.4) is 0 Å². The van der Waals surface area contributed by atoms with Gasteiger partial charge in [0.25, 0.3) is 5.24 Å². The molecule has 3 aliphatic rings. The highest BCUT2D eigenvalue weighted by molar-refractivity contribution is 8.18. The number of likely N-dealkylation sites (tertiary alicyclic amines) is 1. The molecule has 0 aliphatic carbocycles.